The van der Waals surface area contributed by atoms with Gasteiger partial charge in [0.25, 0.3) is 5.91 Å². The van der Waals surface area contributed by atoms with E-state index in [2.05, 4.69) is 62.1 Å². The molecule has 0 radical (unpaired) electrons. The molecule has 0 spiro atoms. The van der Waals surface area contributed by atoms with E-state index in [9.17, 15) is 4.79 Å². The predicted octanol–water partition coefficient (Wildman–Crippen LogP) is 4.33. The molecule has 3 heterocycles. The van der Waals surface area contributed by atoms with Crippen LogP contribution in [0.1, 0.15) is 21.5 Å². The lowest BCUT2D eigenvalue weighted by atomic mass is 10.0. The molecule has 5 rings (SSSR count). The Morgan fingerprint density at radius 3 is 2.31 bits per heavy atom. The number of aryl methyl sites for hydroxylation is 1. The number of piperazine rings is 2. The van der Waals surface area contributed by atoms with Gasteiger partial charge in [-0.2, -0.15) is 0 Å². The van der Waals surface area contributed by atoms with Crippen LogP contribution < -0.4 is 9.80 Å². The number of nitrogens with zero attached hydrogens (tertiary/aromatic N) is 5. The van der Waals surface area contributed by atoms with Gasteiger partial charge in [0.15, 0.2) is 0 Å². The zero-order valence-corrected chi connectivity index (χ0v) is 21.0. The van der Waals surface area contributed by atoms with Gasteiger partial charge in [0.2, 0.25) is 0 Å². The number of pyridine rings is 1. The molecule has 0 bridgehead atoms. The van der Waals surface area contributed by atoms with Crippen LogP contribution >= 0.6 is 11.6 Å². The summed E-state index contributed by atoms with van der Waals surface area (Å²) in [6, 6.07) is 18.8. The third-order valence-corrected chi connectivity index (χ3v) is 7.38. The molecule has 6 nitrogen and oxygen atoms in total. The molecule has 182 valence electrons. The van der Waals surface area contributed by atoms with Crippen molar-refractivity contribution in [1.29, 1.82) is 0 Å². The fraction of sp³-hybridized carbons (Fsp3) is 0.357. The number of amides is 1. The molecule has 0 atom stereocenters. The lowest BCUT2D eigenvalue weighted by molar-refractivity contribution is 0.0746. The van der Waals surface area contributed by atoms with Gasteiger partial charge in [0, 0.05) is 82.5 Å². The highest BCUT2D eigenvalue weighted by Crippen LogP contribution is 2.26. The number of rotatable bonds is 5. The molecule has 0 saturated carbocycles. The first-order valence-electron chi connectivity index (χ1n) is 12.3. The number of aromatic nitrogens is 1. The van der Waals surface area contributed by atoms with Crippen LogP contribution in [-0.4, -0.2) is 73.0 Å². The van der Waals surface area contributed by atoms with Crippen molar-refractivity contribution in [2.75, 3.05) is 62.2 Å². The van der Waals surface area contributed by atoms with Gasteiger partial charge >= 0.3 is 0 Å². The van der Waals surface area contributed by atoms with Crippen molar-refractivity contribution in [1.82, 2.24) is 14.8 Å². The van der Waals surface area contributed by atoms with Crippen LogP contribution in [0.2, 0.25) is 5.02 Å². The van der Waals surface area contributed by atoms with Crippen LogP contribution in [0.3, 0.4) is 0 Å². The minimum absolute atomic E-state index is 0.147. The van der Waals surface area contributed by atoms with Crippen molar-refractivity contribution in [3.05, 3.63) is 88.7 Å². The van der Waals surface area contributed by atoms with Gasteiger partial charge in [0.1, 0.15) is 0 Å². The van der Waals surface area contributed by atoms with Gasteiger partial charge in [0.05, 0.1) is 10.7 Å². The summed E-state index contributed by atoms with van der Waals surface area (Å²) in [4.78, 5) is 26.6. The molecule has 35 heavy (non-hydrogen) atoms. The van der Waals surface area contributed by atoms with Gasteiger partial charge in [-0.1, -0.05) is 41.9 Å². The molecule has 2 aliphatic heterocycles. The standard InChI is InChI=1S/C28H32ClN5O/c1-22-7-8-23(21-31-11-13-33(14-12-31)27-9-10-30-20-26(27)29)19-25(22)28(35)34-17-15-32(16-18-34)24-5-3-2-4-6-24/h2-10,19-20H,11-18,21H2,1H3. The van der Waals surface area contributed by atoms with Crippen molar-refractivity contribution < 1.29 is 4.79 Å². The zero-order valence-electron chi connectivity index (χ0n) is 20.2. The molecule has 2 aliphatic rings. The molecule has 1 amide bonds. The number of hydrogen-bond acceptors (Lipinski definition) is 5. The van der Waals surface area contributed by atoms with Crippen LogP contribution in [0.25, 0.3) is 0 Å². The van der Waals surface area contributed by atoms with E-state index in [1.54, 1.807) is 12.4 Å². The second kappa shape index (κ2) is 10.7. The molecule has 3 aromatic rings. The minimum atomic E-state index is 0.147. The molecule has 2 saturated heterocycles. The summed E-state index contributed by atoms with van der Waals surface area (Å²) in [7, 11) is 0. The van der Waals surface area contributed by atoms with Gasteiger partial charge in [-0.05, 0) is 42.3 Å². The fourth-order valence-electron chi connectivity index (χ4n) is 5.00. The molecule has 7 heteroatoms. The van der Waals surface area contributed by atoms with Gasteiger partial charge < -0.3 is 14.7 Å². The maximum Gasteiger partial charge on any atom is 0.254 e. The second-order valence-electron chi connectivity index (χ2n) is 9.35. The van der Waals surface area contributed by atoms with Crippen LogP contribution in [-0.2, 0) is 6.54 Å². The Bertz CT molecular complexity index is 1160. The third-order valence-electron chi connectivity index (χ3n) is 7.09. The highest BCUT2D eigenvalue weighted by molar-refractivity contribution is 6.33. The largest absolute Gasteiger partial charge is 0.368 e. The molecule has 2 fully saturated rings. The number of hydrogen-bond donors (Lipinski definition) is 0. The van der Waals surface area contributed by atoms with Crippen LogP contribution in [0.5, 0.6) is 0 Å². The molecule has 0 unspecified atom stereocenters. The number of carbonyl (C=O) groups excluding carboxylic acids is 1. The first kappa shape index (κ1) is 23.6. The van der Waals surface area contributed by atoms with E-state index in [4.69, 9.17) is 11.6 Å². The van der Waals surface area contributed by atoms with Gasteiger partial charge in [-0.15, -0.1) is 0 Å². The smallest absolute Gasteiger partial charge is 0.254 e. The summed E-state index contributed by atoms with van der Waals surface area (Å²) >= 11 is 6.33. The first-order chi connectivity index (χ1) is 17.1. The number of benzene rings is 2. The molecule has 0 aliphatic carbocycles. The topological polar surface area (TPSA) is 42.9 Å². The maximum absolute atomic E-state index is 13.4. The van der Waals surface area contributed by atoms with Crippen LogP contribution in [0, 0.1) is 6.92 Å². The molecule has 1 aromatic heterocycles. The van der Waals surface area contributed by atoms with Gasteiger partial charge in [-0.3, -0.25) is 14.7 Å². The molecular weight excluding hydrogens is 458 g/mol. The Morgan fingerprint density at radius 2 is 1.60 bits per heavy atom. The van der Waals surface area contributed by atoms with Crippen molar-refractivity contribution in [2.45, 2.75) is 13.5 Å². The molecule has 2 aromatic carbocycles. The number of carbonyl (C=O) groups is 1. The second-order valence-corrected chi connectivity index (χ2v) is 9.76. The van der Waals surface area contributed by atoms with Crippen LogP contribution in [0.15, 0.2) is 67.0 Å². The van der Waals surface area contributed by atoms with Crippen LogP contribution in [0.4, 0.5) is 11.4 Å². The van der Waals surface area contributed by atoms with E-state index in [0.29, 0.717) is 5.02 Å². The quantitative estimate of drug-likeness (QED) is 0.533. The summed E-state index contributed by atoms with van der Waals surface area (Å²) in [6.07, 6.45) is 3.50. The average Bonchev–Trinajstić information content (AvgIpc) is 2.91. The SMILES string of the molecule is Cc1ccc(CN2CCN(c3ccncc3Cl)CC2)cc1C(=O)N1CCN(c2ccccc2)CC1. The predicted molar refractivity (Wildman–Crippen MR) is 142 cm³/mol. The lowest BCUT2D eigenvalue weighted by Crippen LogP contribution is -2.49. The first-order valence-corrected chi connectivity index (χ1v) is 12.7. The maximum atomic E-state index is 13.4. The Balaban J connectivity index is 1.19. The normalized spacial score (nSPS) is 17.0. The average molecular weight is 490 g/mol. The molecule has 0 N–H and O–H groups in total. The minimum Gasteiger partial charge on any atom is -0.368 e. The van der Waals surface area contributed by atoms with E-state index in [0.717, 1.165) is 75.7 Å². The monoisotopic (exact) mass is 489 g/mol. The summed E-state index contributed by atoms with van der Waals surface area (Å²) in [6.45, 7) is 9.86. The van der Waals surface area contributed by atoms with Crippen molar-refractivity contribution in [3.8, 4) is 0 Å². The number of anilines is 2. The summed E-state index contributed by atoms with van der Waals surface area (Å²) < 4.78 is 0. The number of para-hydroxylation sites is 1. The highest BCUT2D eigenvalue weighted by atomic mass is 35.5. The Kier molecular flexibility index (Phi) is 7.21. The fourth-order valence-corrected chi connectivity index (χ4v) is 5.24. The zero-order chi connectivity index (χ0) is 24.2. The van der Waals surface area contributed by atoms with E-state index in [1.807, 2.05) is 24.0 Å². The van der Waals surface area contributed by atoms with E-state index in [-0.39, 0.29) is 5.91 Å². The Hall–Kier alpha value is -3.09. The van der Waals surface area contributed by atoms with Crippen molar-refractivity contribution in [3.63, 3.8) is 0 Å². The van der Waals surface area contributed by atoms with Crippen molar-refractivity contribution in [2.24, 2.45) is 0 Å². The highest BCUT2D eigenvalue weighted by Gasteiger charge is 2.24. The number of halogens is 1. The van der Waals surface area contributed by atoms with Crippen molar-refractivity contribution >= 4 is 28.9 Å². The summed E-state index contributed by atoms with van der Waals surface area (Å²) in [5.74, 6) is 0.147. The summed E-state index contributed by atoms with van der Waals surface area (Å²) in [5.41, 5.74) is 5.34. The van der Waals surface area contributed by atoms with E-state index >= 15 is 0 Å². The third kappa shape index (κ3) is 5.44. The molecular formula is C28H32ClN5O. The lowest BCUT2D eigenvalue weighted by Gasteiger charge is -2.37. The Morgan fingerprint density at radius 1 is 0.886 bits per heavy atom. The van der Waals surface area contributed by atoms with E-state index in [1.165, 1.54) is 11.3 Å². The Labute approximate surface area is 212 Å². The van der Waals surface area contributed by atoms with Gasteiger partial charge in [-0.25, -0.2) is 0 Å². The van der Waals surface area contributed by atoms with E-state index < -0.39 is 0 Å². The summed E-state index contributed by atoms with van der Waals surface area (Å²) in [5, 5.41) is 0.701.